The van der Waals surface area contributed by atoms with Gasteiger partial charge in [-0.3, -0.25) is 0 Å². The van der Waals surface area contributed by atoms with Crippen LogP contribution >= 0.6 is 0 Å². The smallest absolute Gasteiger partial charge is 0.406 e. The number of ether oxygens (including phenoxy) is 1. The highest BCUT2D eigenvalue weighted by Gasteiger charge is 2.31. The molecule has 9 heteroatoms. The third kappa shape index (κ3) is 6.10. The molecule has 0 aliphatic rings. The van der Waals surface area contributed by atoms with Gasteiger partial charge in [-0.2, -0.15) is 0 Å². The molecule has 0 aliphatic carbocycles. The molecule has 198 valence electrons. The van der Waals surface area contributed by atoms with Crippen molar-refractivity contribution in [2.24, 2.45) is 0 Å². The predicted molar refractivity (Wildman–Crippen MR) is 146 cm³/mol. The molecule has 0 saturated carbocycles. The largest absolute Gasteiger partial charge is 0.573 e. The number of nitrogens with zero attached hydrogens (tertiary/aromatic N) is 2. The van der Waals surface area contributed by atoms with E-state index in [0.29, 0.717) is 34.0 Å². The zero-order valence-electron chi connectivity index (χ0n) is 21.1. The molecule has 4 aromatic carbocycles. The van der Waals surface area contributed by atoms with Crippen molar-refractivity contribution in [1.82, 2.24) is 9.97 Å². The number of aliphatic hydroxyl groups is 1. The summed E-state index contributed by atoms with van der Waals surface area (Å²) in [5.74, 6) is 0.0126. The van der Waals surface area contributed by atoms with Crippen LogP contribution in [0, 0.1) is 13.8 Å². The first-order valence-electron chi connectivity index (χ1n) is 12.2. The molecule has 3 N–H and O–H groups in total. The fourth-order valence-electron chi connectivity index (χ4n) is 4.31. The quantitative estimate of drug-likeness (QED) is 0.188. The van der Waals surface area contributed by atoms with Gasteiger partial charge in [-0.05, 0) is 67.4 Å². The molecule has 1 atom stereocenters. The van der Waals surface area contributed by atoms with Gasteiger partial charge < -0.3 is 20.5 Å². The number of para-hydroxylation sites is 2. The van der Waals surface area contributed by atoms with Gasteiger partial charge in [0.25, 0.3) is 0 Å². The molecule has 0 bridgehead atoms. The van der Waals surface area contributed by atoms with E-state index < -0.39 is 12.6 Å². The van der Waals surface area contributed by atoms with Crippen molar-refractivity contribution in [3.8, 4) is 17.0 Å². The Morgan fingerprint density at radius 1 is 0.795 bits per heavy atom. The van der Waals surface area contributed by atoms with E-state index in [2.05, 4.69) is 25.3 Å². The lowest BCUT2D eigenvalue weighted by Crippen LogP contribution is -2.16. The highest BCUT2D eigenvalue weighted by atomic mass is 19.4. The summed E-state index contributed by atoms with van der Waals surface area (Å²) >= 11 is 0. The monoisotopic (exact) mass is 530 g/mol. The number of aryl methyl sites for hydroxylation is 2. The highest BCUT2D eigenvalue weighted by Crippen LogP contribution is 2.31. The number of hydrogen-bond acceptors (Lipinski definition) is 6. The first kappa shape index (κ1) is 26.0. The first-order valence-corrected chi connectivity index (χ1v) is 12.2. The number of halogens is 3. The molecule has 5 aromatic rings. The summed E-state index contributed by atoms with van der Waals surface area (Å²) in [4.78, 5) is 9.25. The lowest BCUT2D eigenvalue weighted by atomic mass is 10.1. The Labute approximate surface area is 223 Å². The van der Waals surface area contributed by atoms with Gasteiger partial charge in [-0.25, -0.2) is 9.97 Å². The van der Waals surface area contributed by atoms with E-state index in [4.69, 9.17) is 0 Å². The van der Waals surface area contributed by atoms with Crippen LogP contribution in [0.25, 0.3) is 22.2 Å². The minimum atomic E-state index is -4.76. The van der Waals surface area contributed by atoms with Crippen LogP contribution in [0.3, 0.4) is 0 Å². The molecule has 0 fully saturated rings. The van der Waals surface area contributed by atoms with Gasteiger partial charge in [-0.1, -0.05) is 48.5 Å². The number of benzene rings is 4. The van der Waals surface area contributed by atoms with Gasteiger partial charge in [0, 0.05) is 27.9 Å². The SMILES string of the molecule is Cc1cccc(C)c1NC(O)c1ccc(Nc2nc(-c3ccc(OC(F)(F)F)cc3)c3ccccc3n2)cc1. The molecule has 0 spiro atoms. The molecule has 1 aromatic heterocycles. The van der Waals surface area contributed by atoms with Crippen LogP contribution in [0.4, 0.5) is 30.5 Å². The summed E-state index contributed by atoms with van der Waals surface area (Å²) in [5.41, 5.74) is 6.21. The lowest BCUT2D eigenvalue weighted by Gasteiger charge is -2.18. The van der Waals surface area contributed by atoms with Crippen LogP contribution < -0.4 is 15.4 Å². The van der Waals surface area contributed by atoms with E-state index in [1.165, 1.54) is 24.3 Å². The minimum Gasteiger partial charge on any atom is -0.406 e. The van der Waals surface area contributed by atoms with E-state index in [9.17, 15) is 18.3 Å². The molecule has 0 amide bonds. The van der Waals surface area contributed by atoms with E-state index >= 15 is 0 Å². The zero-order valence-corrected chi connectivity index (χ0v) is 21.1. The summed E-state index contributed by atoms with van der Waals surface area (Å²) in [6.45, 7) is 3.97. The number of anilines is 3. The summed E-state index contributed by atoms with van der Waals surface area (Å²) < 4.78 is 41.7. The van der Waals surface area contributed by atoms with E-state index in [1.807, 2.05) is 68.4 Å². The standard InChI is InChI=1S/C30H25F3N4O2/c1-18-6-5-7-19(2)26(18)36-28(38)21-10-14-22(15-11-21)34-29-35-25-9-4-3-8-24(25)27(37-29)20-12-16-23(17-13-20)39-30(31,32)33/h3-17,28,36,38H,1-2H3,(H,34,35,37). The molecule has 1 heterocycles. The Balaban J connectivity index is 1.38. The minimum absolute atomic E-state index is 0.308. The summed E-state index contributed by atoms with van der Waals surface area (Å²) in [6.07, 6.45) is -5.66. The average Bonchev–Trinajstić information content (AvgIpc) is 2.90. The topological polar surface area (TPSA) is 79.3 Å². The Bertz CT molecular complexity index is 1580. The van der Waals surface area contributed by atoms with Gasteiger partial charge in [0.15, 0.2) is 6.23 Å². The summed E-state index contributed by atoms with van der Waals surface area (Å²) in [5, 5.41) is 17.8. The van der Waals surface area contributed by atoms with Crippen LogP contribution in [0.2, 0.25) is 0 Å². The number of fused-ring (bicyclic) bond motifs is 1. The Kier molecular flexibility index (Phi) is 7.08. The Hall–Kier alpha value is -4.63. The number of rotatable bonds is 7. The molecule has 6 nitrogen and oxygen atoms in total. The molecule has 5 rings (SSSR count). The van der Waals surface area contributed by atoms with Crippen molar-refractivity contribution in [3.05, 3.63) is 108 Å². The van der Waals surface area contributed by atoms with Crippen LogP contribution in [-0.2, 0) is 0 Å². The van der Waals surface area contributed by atoms with Crippen LogP contribution in [0.1, 0.15) is 22.9 Å². The molecular weight excluding hydrogens is 505 g/mol. The molecule has 0 saturated heterocycles. The number of hydrogen-bond donors (Lipinski definition) is 3. The second kappa shape index (κ2) is 10.6. The average molecular weight is 531 g/mol. The second-order valence-corrected chi connectivity index (χ2v) is 9.05. The number of nitrogens with one attached hydrogen (secondary N) is 2. The van der Waals surface area contributed by atoms with E-state index in [0.717, 1.165) is 22.2 Å². The maximum Gasteiger partial charge on any atom is 0.573 e. The number of alkyl halides is 3. The van der Waals surface area contributed by atoms with Crippen molar-refractivity contribution in [2.75, 3.05) is 10.6 Å². The Morgan fingerprint density at radius 2 is 1.46 bits per heavy atom. The van der Waals surface area contributed by atoms with Crippen molar-refractivity contribution in [1.29, 1.82) is 0 Å². The van der Waals surface area contributed by atoms with E-state index in [1.54, 1.807) is 12.1 Å². The first-order chi connectivity index (χ1) is 18.7. The molecule has 0 aliphatic heterocycles. The number of aromatic nitrogens is 2. The summed E-state index contributed by atoms with van der Waals surface area (Å²) in [6, 6.07) is 26.1. The third-order valence-corrected chi connectivity index (χ3v) is 6.21. The fourth-order valence-corrected chi connectivity index (χ4v) is 4.31. The Morgan fingerprint density at radius 3 is 2.13 bits per heavy atom. The van der Waals surface area contributed by atoms with Gasteiger partial charge in [-0.15, -0.1) is 13.2 Å². The molecular formula is C30H25F3N4O2. The lowest BCUT2D eigenvalue weighted by molar-refractivity contribution is -0.274. The van der Waals surface area contributed by atoms with Crippen molar-refractivity contribution < 1.29 is 23.0 Å². The zero-order chi connectivity index (χ0) is 27.6. The van der Waals surface area contributed by atoms with Gasteiger partial charge in [0.1, 0.15) is 5.75 Å². The van der Waals surface area contributed by atoms with Crippen molar-refractivity contribution in [3.63, 3.8) is 0 Å². The van der Waals surface area contributed by atoms with E-state index in [-0.39, 0.29) is 5.75 Å². The molecule has 1 unspecified atom stereocenters. The molecule has 0 radical (unpaired) electrons. The third-order valence-electron chi connectivity index (χ3n) is 6.21. The van der Waals surface area contributed by atoms with Gasteiger partial charge in [0.2, 0.25) is 5.95 Å². The van der Waals surface area contributed by atoms with Crippen molar-refractivity contribution >= 4 is 28.2 Å². The second-order valence-electron chi connectivity index (χ2n) is 9.05. The van der Waals surface area contributed by atoms with Gasteiger partial charge >= 0.3 is 6.36 Å². The van der Waals surface area contributed by atoms with Gasteiger partial charge in [0.05, 0.1) is 11.2 Å². The summed E-state index contributed by atoms with van der Waals surface area (Å²) in [7, 11) is 0. The molecule has 39 heavy (non-hydrogen) atoms. The van der Waals surface area contributed by atoms with Crippen LogP contribution in [-0.4, -0.2) is 21.4 Å². The van der Waals surface area contributed by atoms with Crippen LogP contribution in [0.15, 0.2) is 91.0 Å². The van der Waals surface area contributed by atoms with Crippen molar-refractivity contribution in [2.45, 2.75) is 26.4 Å². The predicted octanol–water partition coefficient (Wildman–Crippen LogP) is 7.66. The van der Waals surface area contributed by atoms with Crippen LogP contribution in [0.5, 0.6) is 5.75 Å². The maximum absolute atomic E-state index is 12.6. The number of aliphatic hydroxyl groups excluding tert-OH is 1. The fraction of sp³-hybridized carbons (Fsp3) is 0.133. The maximum atomic E-state index is 12.6. The highest BCUT2D eigenvalue weighted by molar-refractivity contribution is 5.93. The normalized spacial score (nSPS) is 12.3.